The van der Waals surface area contributed by atoms with Crippen LogP contribution in [-0.4, -0.2) is 16.1 Å². The topological polar surface area (TPSA) is 53.6 Å². The maximum absolute atomic E-state index is 8.91. The number of benzene rings is 2. The number of rotatable bonds is 5. The molecule has 0 spiro atoms. The first-order chi connectivity index (χ1) is 10.8. The molecule has 0 radical (unpaired) electrons. The molecule has 0 saturated heterocycles. The van der Waals surface area contributed by atoms with Crippen LogP contribution in [0.4, 0.5) is 0 Å². The molecule has 1 aromatic heterocycles. The van der Waals surface area contributed by atoms with Gasteiger partial charge in [-0.25, -0.2) is 4.98 Å². The number of nitrogens with zero attached hydrogens (tertiary/aromatic N) is 3. The summed E-state index contributed by atoms with van der Waals surface area (Å²) in [5.74, 6) is 1.04. The van der Waals surface area contributed by atoms with Gasteiger partial charge in [-0.2, -0.15) is 5.26 Å². The summed E-state index contributed by atoms with van der Waals surface area (Å²) >= 11 is 0. The van der Waals surface area contributed by atoms with E-state index in [-0.39, 0.29) is 0 Å². The molecule has 0 fully saturated rings. The molecule has 4 nitrogen and oxygen atoms in total. The van der Waals surface area contributed by atoms with Crippen molar-refractivity contribution in [2.45, 2.75) is 20.0 Å². The fourth-order valence-corrected chi connectivity index (χ4v) is 2.65. The molecule has 0 atom stereocenters. The van der Waals surface area contributed by atoms with Crippen LogP contribution in [0.15, 0.2) is 48.5 Å². The molecule has 22 heavy (non-hydrogen) atoms. The average Bonchev–Trinajstić information content (AvgIpc) is 2.87. The van der Waals surface area contributed by atoms with E-state index in [4.69, 9.17) is 5.26 Å². The molecule has 4 heteroatoms. The maximum atomic E-state index is 8.91. The molecule has 3 rings (SSSR count). The first-order valence-electron chi connectivity index (χ1n) is 7.39. The molecule has 1 heterocycles. The highest BCUT2D eigenvalue weighted by atomic mass is 15.1. The molecular formula is C18H18N4. The number of hydrogen-bond acceptors (Lipinski definition) is 3. The predicted molar refractivity (Wildman–Crippen MR) is 87.3 cm³/mol. The summed E-state index contributed by atoms with van der Waals surface area (Å²) in [7, 11) is 0. The number of para-hydroxylation sites is 2. The van der Waals surface area contributed by atoms with E-state index in [1.165, 1.54) is 5.52 Å². The van der Waals surface area contributed by atoms with Gasteiger partial charge in [0.15, 0.2) is 0 Å². The van der Waals surface area contributed by atoms with Gasteiger partial charge in [-0.05, 0) is 36.8 Å². The minimum absolute atomic E-state index is 0.704. The van der Waals surface area contributed by atoms with Crippen LogP contribution in [0.3, 0.4) is 0 Å². The molecule has 3 aromatic rings. The van der Waals surface area contributed by atoms with E-state index in [1.807, 2.05) is 49.4 Å². The monoisotopic (exact) mass is 290 g/mol. The Balaban J connectivity index is 1.61. The van der Waals surface area contributed by atoms with Crippen molar-refractivity contribution in [3.8, 4) is 6.07 Å². The Bertz CT molecular complexity index is 826. The molecule has 0 aliphatic carbocycles. The van der Waals surface area contributed by atoms with E-state index in [0.717, 1.165) is 36.5 Å². The second-order valence-corrected chi connectivity index (χ2v) is 5.29. The van der Waals surface area contributed by atoms with Crippen molar-refractivity contribution in [1.82, 2.24) is 14.9 Å². The largest absolute Gasteiger partial charge is 0.327 e. The molecule has 0 bridgehead atoms. The number of hydrogen-bond donors (Lipinski definition) is 1. The molecule has 0 saturated carbocycles. The van der Waals surface area contributed by atoms with E-state index in [0.29, 0.717) is 5.56 Å². The molecule has 0 aliphatic heterocycles. The highest BCUT2D eigenvalue weighted by Gasteiger charge is 2.05. The first kappa shape index (κ1) is 14.3. The minimum atomic E-state index is 0.704. The van der Waals surface area contributed by atoms with Crippen LogP contribution in [0.5, 0.6) is 0 Å². The SMILES string of the molecule is Cc1nc2ccccc2n1CCNCc1cccc(C#N)c1. The van der Waals surface area contributed by atoms with Crippen LogP contribution in [0.2, 0.25) is 0 Å². The second-order valence-electron chi connectivity index (χ2n) is 5.29. The molecule has 0 aliphatic rings. The number of aromatic nitrogens is 2. The molecular weight excluding hydrogens is 272 g/mol. The van der Waals surface area contributed by atoms with Gasteiger partial charge in [0.2, 0.25) is 0 Å². The van der Waals surface area contributed by atoms with Gasteiger partial charge in [-0.15, -0.1) is 0 Å². The average molecular weight is 290 g/mol. The van der Waals surface area contributed by atoms with E-state index in [1.54, 1.807) is 0 Å². The van der Waals surface area contributed by atoms with Gasteiger partial charge in [0.05, 0.1) is 22.7 Å². The summed E-state index contributed by atoms with van der Waals surface area (Å²) in [6.07, 6.45) is 0. The second kappa shape index (κ2) is 6.42. The Morgan fingerprint density at radius 3 is 2.91 bits per heavy atom. The highest BCUT2D eigenvalue weighted by molar-refractivity contribution is 5.75. The van der Waals surface area contributed by atoms with Gasteiger partial charge in [-0.1, -0.05) is 24.3 Å². The van der Waals surface area contributed by atoms with Gasteiger partial charge in [-0.3, -0.25) is 0 Å². The summed E-state index contributed by atoms with van der Waals surface area (Å²) in [4.78, 5) is 4.57. The fraction of sp³-hybridized carbons (Fsp3) is 0.222. The first-order valence-corrected chi connectivity index (χ1v) is 7.39. The summed E-state index contributed by atoms with van der Waals surface area (Å²) in [5.41, 5.74) is 4.05. The zero-order valence-corrected chi connectivity index (χ0v) is 12.6. The normalized spacial score (nSPS) is 10.7. The maximum Gasteiger partial charge on any atom is 0.106 e. The Morgan fingerprint density at radius 1 is 1.18 bits per heavy atom. The van der Waals surface area contributed by atoms with E-state index < -0.39 is 0 Å². The van der Waals surface area contributed by atoms with Gasteiger partial charge in [0, 0.05) is 19.6 Å². The molecule has 2 aromatic carbocycles. The number of nitriles is 1. The van der Waals surface area contributed by atoms with Gasteiger partial charge >= 0.3 is 0 Å². The lowest BCUT2D eigenvalue weighted by Crippen LogP contribution is -2.20. The van der Waals surface area contributed by atoms with Crippen molar-refractivity contribution < 1.29 is 0 Å². The Kier molecular flexibility index (Phi) is 4.17. The zero-order chi connectivity index (χ0) is 15.4. The standard InChI is InChI=1S/C18H18N4/c1-14-21-17-7-2-3-8-18(17)22(14)10-9-20-13-16-6-4-5-15(11-16)12-19/h2-8,11,20H,9-10,13H2,1H3. The van der Waals surface area contributed by atoms with Crippen LogP contribution >= 0.6 is 0 Å². The van der Waals surface area contributed by atoms with E-state index in [2.05, 4.69) is 27.0 Å². The van der Waals surface area contributed by atoms with Crippen LogP contribution in [-0.2, 0) is 13.1 Å². The Labute approximate surface area is 130 Å². The summed E-state index contributed by atoms with van der Waals surface area (Å²) < 4.78 is 2.23. The minimum Gasteiger partial charge on any atom is -0.327 e. The van der Waals surface area contributed by atoms with E-state index in [9.17, 15) is 0 Å². The van der Waals surface area contributed by atoms with Crippen molar-refractivity contribution >= 4 is 11.0 Å². The van der Waals surface area contributed by atoms with Gasteiger partial charge in [0.1, 0.15) is 5.82 Å². The quantitative estimate of drug-likeness (QED) is 0.735. The van der Waals surface area contributed by atoms with Crippen LogP contribution < -0.4 is 5.32 Å². The third-order valence-corrected chi connectivity index (χ3v) is 3.74. The third-order valence-electron chi connectivity index (χ3n) is 3.74. The third kappa shape index (κ3) is 3.00. The van der Waals surface area contributed by atoms with Crippen molar-refractivity contribution in [3.63, 3.8) is 0 Å². The lowest BCUT2D eigenvalue weighted by atomic mass is 10.1. The fourth-order valence-electron chi connectivity index (χ4n) is 2.65. The Hall–Kier alpha value is -2.64. The van der Waals surface area contributed by atoms with Gasteiger partial charge in [0.25, 0.3) is 0 Å². The molecule has 0 unspecified atom stereocenters. The van der Waals surface area contributed by atoms with Crippen molar-refractivity contribution in [3.05, 3.63) is 65.5 Å². The number of fused-ring (bicyclic) bond motifs is 1. The summed E-state index contributed by atoms with van der Waals surface area (Å²) in [6, 6.07) is 18.1. The lowest BCUT2D eigenvalue weighted by Gasteiger charge is -2.08. The number of nitrogens with one attached hydrogen (secondary N) is 1. The number of aryl methyl sites for hydroxylation is 1. The van der Waals surface area contributed by atoms with Crippen LogP contribution in [0.25, 0.3) is 11.0 Å². The molecule has 1 N–H and O–H groups in total. The van der Waals surface area contributed by atoms with Crippen molar-refractivity contribution in [2.24, 2.45) is 0 Å². The summed E-state index contributed by atoms with van der Waals surface area (Å²) in [6.45, 7) is 4.54. The highest BCUT2D eigenvalue weighted by Crippen LogP contribution is 2.14. The molecule has 110 valence electrons. The van der Waals surface area contributed by atoms with Gasteiger partial charge < -0.3 is 9.88 Å². The Morgan fingerprint density at radius 2 is 2.05 bits per heavy atom. The summed E-state index contributed by atoms with van der Waals surface area (Å²) in [5, 5.41) is 12.3. The molecule has 0 amide bonds. The lowest BCUT2D eigenvalue weighted by molar-refractivity contribution is 0.597. The number of imidazole rings is 1. The van der Waals surface area contributed by atoms with E-state index >= 15 is 0 Å². The van der Waals surface area contributed by atoms with Crippen molar-refractivity contribution in [1.29, 1.82) is 5.26 Å². The predicted octanol–water partition coefficient (Wildman–Crippen LogP) is 3.01. The zero-order valence-electron chi connectivity index (χ0n) is 12.6. The van der Waals surface area contributed by atoms with Crippen molar-refractivity contribution in [2.75, 3.05) is 6.54 Å². The van der Waals surface area contributed by atoms with Crippen LogP contribution in [0, 0.1) is 18.3 Å². The van der Waals surface area contributed by atoms with Crippen LogP contribution in [0.1, 0.15) is 17.0 Å². The smallest absolute Gasteiger partial charge is 0.106 e.